The largest absolute Gasteiger partial charge is 0.449 e. The maximum atomic E-state index is 11.2. The van der Waals surface area contributed by atoms with Crippen LogP contribution in [0.1, 0.15) is 20.8 Å². The summed E-state index contributed by atoms with van der Waals surface area (Å²) in [6.45, 7) is 5.73. The Balaban J connectivity index is 2.43. The molecule has 4 nitrogen and oxygen atoms in total. The zero-order chi connectivity index (χ0) is 9.90. The average molecular weight is 182 g/mol. The van der Waals surface area contributed by atoms with Crippen LogP contribution >= 0.6 is 0 Å². The first-order chi connectivity index (χ1) is 5.97. The van der Waals surface area contributed by atoms with Crippen LogP contribution in [-0.2, 0) is 0 Å². The predicted octanol–water partition coefficient (Wildman–Crippen LogP) is 2.20. The minimum Gasteiger partial charge on any atom is -0.449 e. The molecule has 1 aromatic heterocycles. The summed E-state index contributed by atoms with van der Waals surface area (Å²) in [7, 11) is 0. The highest BCUT2D eigenvalue weighted by atomic mass is 16.3. The molecule has 0 saturated heterocycles. The summed E-state index contributed by atoms with van der Waals surface area (Å²) in [5.41, 5.74) is -0.239. The van der Waals surface area contributed by atoms with Gasteiger partial charge in [0.25, 0.3) is 0 Å². The molecule has 0 atom stereocenters. The summed E-state index contributed by atoms with van der Waals surface area (Å²) in [4.78, 5) is 11.2. The fourth-order valence-corrected chi connectivity index (χ4v) is 0.833. The van der Waals surface area contributed by atoms with Crippen LogP contribution in [0.4, 0.5) is 10.7 Å². The second-order valence-corrected chi connectivity index (χ2v) is 3.81. The third-order valence-corrected chi connectivity index (χ3v) is 1.25. The number of nitrogens with one attached hydrogen (secondary N) is 2. The normalized spacial score (nSPS) is 11.0. The Hall–Kier alpha value is -1.45. The van der Waals surface area contributed by atoms with Crippen molar-refractivity contribution in [2.75, 3.05) is 5.32 Å². The molecule has 2 amide bonds. The molecule has 0 fully saturated rings. The Kier molecular flexibility index (Phi) is 2.60. The molecule has 0 aliphatic heterocycles. The number of hydrogen-bond donors (Lipinski definition) is 2. The van der Waals surface area contributed by atoms with Gasteiger partial charge in [-0.2, -0.15) is 0 Å². The third-order valence-electron chi connectivity index (χ3n) is 1.25. The standard InChI is InChI=1S/C9H14N2O2/c1-9(2,3)11-8(12)10-7-5-4-6-13-7/h4-6H,1-3H3,(H2,10,11,12). The Labute approximate surface area is 77.3 Å². The maximum absolute atomic E-state index is 11.2. The van der Waals surface area contributed by atoms with E-state index in [9.17, 15) is 4.79 Å². The molecule has 1 aromatic rings. The molecule has 0 aliphatic rings. The molecule has 0 aliphatic carbocycles. The molecule has 0 radical (unpaired) electrons. The van der Waals surface area contributed by atoms with E-state index < -0.39 is 0 Å². The molecule has 2 N–H and O–H groups in total. The molecule has 0 aromatic carbocycles. The molecule has 1 rings (SSSR count). The number of amides is 2. The van der Waals surface area contributed by atoms with Gasteiger partial charge in [-0.3, -0.25) is 5.32 Å². The number of hydrogen-bond acceptors (Lipinski definition) is 2. The van der Waals surface area contributed by atoms with Gasteiger partial charge in [-0.15, -0.1) is 0 Å². The highest BCUT2D eigenvalue weighted by Crippen LogP contribution is 2.07. The molecule has 0 bridgehead atoms. The molecule has 1 heterocycles. The van der Waals surface area contributed by atoms with Crippen LogP contribution in [0, 0.1) is 0 Å². The number of urea groups is 1. The van der Waals surface area contributed by atoms with Gasteiger partial charge in [0.2, 0.25) is 5.88 Å². The summed E-state index contributed by atoms with van der Waals surface area (Å²) in [5, 5.41) is 5.31. The minimum absolute atomic E-state index is 0.239. The first-order valence-corrected chi connectivity index (χ1v) is 4.10. The van der Waals surface area contributed by atoms with Gasteiger partial charge < -0.3 is 9.73 Å². The summed E-state index contributed by atoms with van der Waals surface area (Å²) in [5.74, 6) is 0.446. The molecule has 0 unspecified atom stereocenters. The van der Waals surface area contributed by atoms with Crippen LogP contribution in [0.25, 0.3) is 0 Å². The smallest absolute Gasteiger partial charge is 0.321 e. The lowest BCUT2D eigenvalue weighted by molar-refractivity contribution is 0.243. The lowest BCUT2D eigenvalue weighted by Crippen LogP contribution is -2.43. The summed E-state index contributed by atoms with van der Waals surface area (Å²) < 4.78 is 4.95. The van der Waals surface area contributed by atoms with E-state index in [-0.39, 0.29) is 11.6 Å². The zero-order valence-corrected chi connectivity index (χ0v) is 8.05. The van der Waals surface area contributed by atoms with E-state index >= 15 is 0 Å². The van der Waals surface area contributed by atoms with Crippen molar-refractivity contribution in [2.45, 2.75) is 26.3 Å². The lowest BCUT2D eigenvalue weighted by atomic mass is 10.1. The number of carbonyl (C=O) groups excluding carboxylic acids is 1. The van der Waals surface area contributed by atoms with Crippen molar-refractivity contribution in [3.8, 4) is 0 Å². The molecule has 4 heteroatoms. The highest BCUT2D eigenvalue weighted by Gasteiger charge is 2.13. The monoisotopic (exact) mass is 182 g/mol. The Morgan fingerprint density at radius 3 is 2.62 bits per heavy atom. The number of furan rings is 1. The van der Waals surface area contributed by atoms with Gasteiger partial charge in [-0.25, -0.2) is 4.79 Å². The first kappa shape index (κ1) is 9.64. The predicted molar refractivity (Wildman–Crippen MR) is 50.6 cm³/mol. The van der Waals surface area contributed by atoms with Crippen LogP contribution in [0.15, 0.2) is 22.8 Å². The quantitative estimate of drug-likeness (QED) is 0.699. The summed E-state index contributed by atoms with van der Waals surface area (Å²) >= 11 is 0. The van der Waals surface area contributed by atoms with Crippen LogP contribution in [-0.4, -0.2) is 11.6 Å². The van der Waals surface area contributed by atoms with Crippen LogP contribution in [0.5, 0.6) is 0 Å². The van der Waals surface area contributed by atoms with E-state index in [4.69, 9.17) is 4.42 Å². The molecular weight excluding hydrogens is 168 g/mol. The van der Waals surface area contributed by atoms with Crippen LogP contribution in [0.2, 0.25) is 0 Å². The number of anilines is 1. The SMILES string of the molecule is CC(C)(C)NC(=O)Nc1ccco1. The van der Waals surface area contributed by atoms with Gasteiger partial charge in [0.05, 0.1) is 6.26 Å². The highest BCUT2D eigenvalue weighted by molar-refractivity contribution is 5.88. The van der Waals surface area contributed by atoms with Crippen molar-refractivity contribution in [1.82, 2.24) is 5.32 Å². The average Bonchev–Trinajstić information content (AvgIpc) is 2.34. The second kappa shape index (κ2) is 3.51. The van der Waals surface area contributed by atoms with E-state index in [0.717, 1.165) is 0 Å². The lowest BCUT2D eigenvalue weighted by Gasteiger charge is -2.20. The molecule has 72 valence electrons. The third kappa shape index (κ3) is 3.64. The minimum atomic E-state index is -0.262. The zero-order valence-electron chi connectivity index (χ0n) is 8.05. The maximum Gasteiger partial charge on any atom is 0.321 e. The number of carbonyl (C=O) groups is 1. The van der Waals surface area contributed by atoms with Crippen molar-refractivity contribution >= 4 is 11.9 Å². The Bertz CT molecular complexity index is 272. The van der Waals surface area contributed by atoms with E-state index in [1.807, 2.05) is 20.8 Å². The van der Waals surface area contributed by atoms with Gasteiger partial charge in [-0.1, -0.05) is 0 Å². The Morgan fingerprint density at radius 2 is 2.15 bits per heavy atom. The van der Waals surface area contributed by atoms with Crippen LogP contribution < -0.4 is 10.6 Å². The molecular formula is C9H14N2O2. The van der Waals surface area contributed by atoms with E-state index in [0.29, 0.717) is 5.88 Å². The van der Waals surface area contributed by atoms with Gasteiger partial charge in [0.1, 0.15) is 0 Å². The topological polar surface area (TPSA) is 54.3 Å². The molecule has 13 heavy (non-hydrogen) atoms. The fraction of sp³-hybridized carbons (Fsp3) is 0.444. The van der Waals surface area contributed by atoms with E-state index in [2.05, 4.69) is 10.6 Å². The fourth-order valence-electron chi connectivity index (χ4n) is 0.833. The Morgan fingerprint density at radius 1 is 1.46 bits per heavy atom. The van der Waals surface area contributed by atoms with E-state index in [1.54, 1.807) is 12.1 Å². The van der Waals surface area contributed by atoms with Crippen LogP contribution in [0.3, 0.4) is 0 Å². The van der Waals surface area contributed by atoms with Crippen molar-refractivity contribution in [1.29, 1.82) is 0 Å². The second-order valence-electron chi connectivity index (χ2n) is 3.81. The molecule has 0 saturated carbocycles. The van der Waals surface area contributed by atoms with Crippen molar-refractivity contribution in [2.24, 2.45) is 0 Å². The van der Waals surface area contributed by atoms with Crippen molar-refractivity contribution in [3.05, 3.63) is 18.4 Å². The van der Waals surface area contributed by atoms with Crippen molar-refractivity contribution < 1.29 is 9.21 Å². The van der Waals surface area contributed by atoms with Gasteiger partial charge >= 0.3 is 6.03 Å². The van der Waals surface area contributed by atoms with Gasteiger partial charge in [0, 0.05) is 11.6 Å². The molecule has 0 spiro atoms. The summed E-state index contributed by atoms with van der Waals surface area (Å²) in [6.07, 6.45) is 1.51. The van der Waals surface area contributed by atoms with Gasteiger partial charge in [-0.05, 0) is 26.8 Å². The van der Waals surface area contributed by atoms with E-state index in [1.165, 1.54) is 6.26 Å². The summed E-state index contributed by atoms with van der Waals surface area (Å²) in [6, 6.07) is 3.14. The number of rotatable bonds is 1. The van der Waals surface area contributed by atoms with Crippen molar-refractivity contribution in [3.63, 3.8) is 0 Å². The first-order valence-electron chi connectivity index (χ1n) is 4.10. The van der Waals surface area contributed by atoms with Gasteiger partial charge in [0.15, 0.2) is 0 Å².